The van der Waals surface area contributed by atoms with Crippen LogP contribution in [0.1, 0.15) is 38.5 Å². The Labute approximate surface area is 115 Å². The van der Waals surface area contributed by atoms with Gasteiger partial charge in [-0.25, -0.2) is 4.98 Å². The topological polar surface area (TPSA) is 54.2 Å². The van der Waals surface area contributed by atoms with Gasteiger partial charge in [0.2, 0.25) is 0 Å². The van der Waals surface area contributed by atoms with Crippen LogP contribution in [-0.2, 0) is 6.54 Å². The summed E-state index contributed by atoms with van der Waals surface area (Å²) in [5, 5.41) is 6.90. The van der Waals surface area contributed by atoms with Crippen molar-refractivity contribution in [2.24, 2.45) is 4.99 Å². The molecule has 0 saturated heterocycles. The minimum Gasteiger partial charge on any atom is -0.356 e. The molecule has 1 aromatic heterocycles. The van der Waals surface area contributed by atoms with Crippen LogP contribution in [-0.4, -0.2) is 35.1 Å². The van der Waals surface area contributed by atoms with Gasteiger partial charge in [0.05, 0.1) is 6.33 Å². The lowest BCUT2D eigenvalue weighted by Crippen LogP contribution is -2.44. The summed E-state index contributed by atoms with van der Waals surface area (Å²) < 4.78 is 2.10. The molecule has 0 radical (unpaired) electrons. The zero-order valence-electron chi connectivity index (χ0n) is 11.8. The first-order valence-electron chi connectivity index (χ1n) is 7.31. The highest BCUT2D eigenvalue weighted by atomic mass is 15.2. The Morgan fingerprint density at radius 3 is 2.89 bits per heavy atom. The molecule has 1 aromatic rings. The van der Waals surface area contributed by atoms with Gasteiger partial charge in [0.1, 0.15) is 0 Å². The third kappa shape index (κ3) is 4.93. The largest absolute Gasteiger partial charge is 0.356 e. The summed E-state index contributed by atoms with van der Waals surface area (Å²) >= 11 is 0. The summed E-state index contributed by atoms with van der Waals surface area (Å²) in [4.78, 5) is 8.33. The lowest BCUT2D eigenvalue weighted by atomic mass is 9.96. The molecule has 1 aliphatic carbocycles. The average molecular weight is 263 g/mol. The Hall–Kier alpha value is -1.52. The average Bonchev–Trinajstić information content (AvgIpc) is 2.96. The lowest BCUT2D eigenvalue weighted by Gasteiger charge is -2.24. The fraction of sp³-hybridized carbons (Fsp3) is 0.714. The second-order valence-corrected chi connectivity index (χ2v) is 5.13. The number of nitrogens with zero attached hydrogens (tertiary/aromatic N) is 3. The molecule has 1 heterocycles. The number of aromatic nitrogens is 2. The zero-order valence-corrected chi connectivity index (χ0v) is 11.8. The molecule has 5 nitrogen and oxygen atoms in total. The van der Waals surface area contributed by atoms with Gasteiger partial charge in [0, 0.05) is 38.6 Å². The van der Waals surface area contributed by atoms with Crippen molar-refractivity contribution in [1.29, 1.82) is 0 Å². The maximum Gasteiger partial charge on any atom is 0.191 e. The minimum absolute atomic E-state index is 0.605. The van der Waals surface area contributed by atoms with Crippen molar-refractivity contribution in [3.63, 3.8) is 0 Å². The standard InChI is InChI=1S/C14H25N5/c1-15-14(18-13-6-3-2-4-7-13)17-8-5-10-19-11-9-16-12-19/h9,11-13H,2-8,10H2,1H3,(H2,15,17,18). The van der Waals surface area contributed by atoms with E-state index in [-0.39, 0.29) is 0 Å². The SMILES string of the molecule is CN=C(NCCCn1ccnc1)NC1CCCCC1. The maximum absolute atomic E-state index is 4.29. The third-order valence-electron chi connectivity index (χ3n) is 3.61. The van der Waals surface area contributed by atoms with E-state index < -0.39 is 0 Å². The number of hydrogen-bond acceptors (Lipinski definition) is 2. The fourth-order valence-corrected chi connectivity index (χ4v) is 2.52. The van der Waals surface area contributed by atoms with Crippen LogP contribution >= 0.6 is 0 Å². The van der Waals surface area contributed by atoms with Crippen molar-refractivity contribution >= 4 is 5.96 Å². The number of imidazole rings is 1. The van der Waals surface area contributed by atoms with Crippen LogP contribution in [0, 0.1) is 0 Å². The Balaban J connectivity index is 1.62. The van der Waals surface area contributed by atoms with E-state index in [1.165, 1.54) is 32.1 Å². The molecule has 19 heavy (non-hydrogen) atoms. The predicted octanol–water partition coefficient (Wildman–Crippen LogP) is 1.77. The maximum atomic E-state index is 4.29. The van der Waals surface area contributed by atoms with Crippen molar-refractivity contribution in [3.05, 3.63) is 18.7 Å². The molecule has 0 unspecified atom stereocenters. The normalized spacial score (nSPS) is 17.4. The highest BCUT2D eigenvalue weighted by Gasteiger charge is 2.13. The molecule has 0 amide bonds. The fourth-order valence-electron chi connectivity index (χ4n) is 2.52. The predicted molar refractivity (Wildman–Crippen MR) is 78.2 cm³/mol. The highest BCUT2D eigenvalue weighted by molar-refractivity contribution is 5.79. The lowest BCUT2D eigenvalue weighted by molar-refractivity contribution is 0.410. The van der Waals surface area contributed by atoms with Crippen LogP contribution < -0.4 is 10.6 Å². The number of guanidine groups is 1. The van der Waals surface area contributed by atoms with Crippen molar-refractivity contribution in [1.82, 2.24) is 20.2 Å². The molecule has 0 atom stereocenters. The molecule has 0 spiro atoms. The number of aryl methyl sites for hydroxylation is 1. The van der Waals surface area contributed by atoms with Gasteiger partial charge in [-0.1, -0.05) is 19.3 Å². The van der Waals surface area contributed by atoms with E-state index in [0.29, 0.717) is 6.04 Å². The minimum atomic E-state index is 0.605. The van der Waals surface area contributed by atoms with Crippen LogP contribution in [0.5, 0.6) is 0 Å². The second-order valence-electron chi connectivity index (χ2n) is 5.13. The molecular weight excluding hydrogens is 238 g/mol. The first-order valence-corrected chi connectivity index (χ1v) is 7.31. The van der Waals surface area contributed by atoms with E-state index in [4.69, 9.17) is 0 Å². The third-order valence-corrected chi connectivity index (χ3v) is 3.61. The number of rotatable bonds is 5. The van der Waals surface area contributed by atoms with Crippen molar-refractivity contribution in [2.75, 3.05) is 13.6 Å². The van der Waals surface area contributed by atoms with E-state index >= 15 is 0 Å². The molecule has 2 N–H and O–H groups in total. The van der Waals surface area contributed by atoms with Crippen molar-refractivity contribution in [2.45, 2.75) is 51.1 Å². The van der Waals surface area contributed by atoms with Gasteiger partial charge in [0.25, 0.3) is 0 Å². The van der Waals surface area contributed by atoms with E-state index in [1.54, 1.807) is 0 Å². The summed E-state index contributed by atoms with van der Waals surface area (Å²) in [6.45, 7) is 1.93. The van der Waals surface area contributed by atoms with E-state index in [1.807, 2.05) is 25.8 Å². The Morgan fingerprint density at radius 2 is 2.21 bits per heavy atom. The van der Waals surface area contributed by atoms with Gasteiger partial charge < -0.3 is 15.2 Å². The number of hydrogen-bond donors (Lipinski definition) is 2. The summed E-state index contributed by atoms with van der Waals surface area (Å²) in [7, 11) is 1.84. The molecule has 0 bridgehead atoms. The highest BCUT2D eigenvalue weighted by Crippen LogP contribution is 2.17. The van der Waals surface area contributed by atoms with E-state index in [0.717, 1.165) is 25.5 Å². The molecule has 0 aliphatic heterocycles. The Kier molecular flexibility index (Phi) is 5.72. The number of aliphatic imine (C=N–C) groups is 1. The second kappa shape index (κ2) is 7.81. The molecule has 5 heteroatoms. The Bertz CT molecular complexity index is 365. The van der Waals surface area contributed by atoms with Crippen molar-refractivity contribution in [3.8, 4) is 0 Å². The smallest absolute Gasteiger partial charge is 0.191 e. The summed E-state index contributed by atoms with van der Waals surface area (Å²) in [6, 6.07) is 0.605. The summed E-state index contributed by atoms with van der Waals surface area (Å²) in [5.74, 6) is 0.942. The monoisotopic (exact) mass is 263 g/mol. The first kappa shape index (κ1) is 13.9. The van der Waals surface area contributed by atoms with Gasteiger partial charge in [-0.3, -0.25) is 4.99 Å². The molecular formula is C14H25N5. The quantitative estimate of drug-likeness (QED) is 0.483. The summed E-state index contributed by atoms with van der Waals surface area (Å²) in [5.41, 5.74) is 0. The van der Waals surface area contributed by atoms with Gasteiger partial charge in [-0.2, -0.15) is 0 Å². The van der Waals surface area contributed by atoms with Crippen molar-refractivity contribution < 1.29 is 0 Å². The van der Waals surface area contributed by atoms with E-state index in [9.17, 15) is 0 Å². The van der Waals surface area contributed by atoms with Crippen LogP contribution in [0.25, 0.3) is 0 Å². The van der Waals surface area contributed by atoms with Gasteiger partial charge in [-0.05, 0) is 19.3 Å². The molecule has 1 fully saturated rings. The zero-order chi connectivity index (χ0) is 13.3. The molecule has 1 saturated carbocycles. The Morgan fingerprint density at radius 1 is 1.37 bits per heavy atom. The van der Waals surface area contributed by atoms with Crippen LogP contribution in [0.3, 0.4) is 0 Å². The first-order chi connectivity index (χ1) is 9.38. The number of nitrogens with one attached hydrogen (secondary N) is 2. The molecule has 1 aliphatic rings. The van der Waals surface area contributed by atoms with Gasteiger partial charge in [0.15, 0.2) is 5.96 Å². The van der Waals surface area contributed by atoms with Gasteiger partial charge in [-0.15, -0.1) is 0 Å². The van der Waals surface area contributed by atoms with E-state index in [2.05, 4.69) is 25.2 Å². The molecule has 2 rings (SSSR count). The molecule has 0 aromatic carbocycles. The van der Waals surface area contributed by atoms with Crippen LogP contribution in [0.15, 0.2) is 23.7 Å². The van der Waals surface area contributed by atoms with Crippen LogP contribution in [0.2, 0.25) is 0 Å². The summed E-state index contributed by atoms with van der Waals surface area (Å²) in [6.07, 6.45) is 13.4. The molecule has 106 valence electrons. The van der Waals surface area contributed by atoms with Crippen LogP contribution in [0.4, 0.5) is 0 Å². The van der Waals surface area contributed by atoms with Gasteiger partial charge >= 0.3 is 0 Å².